The van der Waals surface area contributed by atoms with Gasteiger partial charge in [-0.25, -0.2) is 0 Å². The lowest BCUT2D eigenvalue weighted by molar-refractivity contribution is -0.384. The van der Waals surface area contributed by atoms with Crippen molar-refractivity contribution in [3.8, 4) is 0 Å². The second-order valence-electron chi connectivity index (χ2n) is 5.46. The van der Waals surface area contributed by atoms with Crippen molar-refractivity contribution < 1.29 is 4.92 Å². The summed E-state index contributed by atoms with van der Waals surface area (Å²) in [4.78, 5) is 18.0. The molecule has 2 rings (SSSR count). The van der Waals surface area contributed by atoms with Crippen LogP contribution in [0.5, 0.6) is 0 Å². The van der Waals surface area contributed by atoms with Gasteiger partial charge in [0, 0.05) is 56.4 Å². The van der Waals surface area contributed by atoms with Crippen LogP contribution in [-0.4, -0.2) is 49.5 Å². The quantitative estimate of drug-likeness (QED) is 0.248. The van der Waals surface area contributed by atoms with Crippen molar-refractivity contribution in [3.63, 3.8) is 0 Å². The van der Waals surface area contributed by atoms with E-state index >= 15 is 0 Å². The molecule has 1 aromatic heterocycles. The maximum atomic E-state index is 10.6. The van der Waals surface area contributed by atoms with Gasteiger partial charge in [-0.05, 0) is 30.0 Å². The first-order chi connectivity index (χ1) is 12.1. The molecule has 0 saturated heterocycles. The van der Waals surface area contributed by atoms with Crippen LogP contribution in [-0.2, 0) is 6.42 Å². The summed E-state index contributed by atoms with van der Waals surface area (Å²) in [5, 5.41) is 19.3. The molecule has 0 unspecified atom stereocenters. The number of likely N-dealkylation sites (N-methyl/N-ethyl adjacent to an activating group) is 1. The number of rotatable bonds is 8. The van der Waals surface area contributed by atoms with Crippen LogP contribution in [0.25, 0.3) is 0 Å². The Labute approximate surface area is 151 Å². The minimum Gasteiger partial charge on any atom is -0.383 e. The lowest BCUT2D eigenvalue weighted by Crippen LogP contribution is -2.41. The molecule has 0 fully saturated rings. The second kappa shape index (κ2) is 9.63. The molecule has 1 heterocycles. The smallest absolute Gasteiger partial charge is 0.269 e. The highest BCUT2D eigenvalue weighted by atomic mass is 32.1. The van der Waals surface area contributed by atoms with E-state index < -0.39 is 4.92 Å². The van der Waals surface area contributed by atoms with Gasteiger partial charge in [-0.1, -0.05) is 6.07 Å². The molecule has 0 saturated carbocycles. The van der Waals surface area contributed by atoms with Crippen LogP contribution in [0, 0.1) is 10.1 Å². The number of nitrogens with one attached hydrogen (secondary N) is 2. The first-order valence-electron chi connectivity index (χ1n) is 8.02. The molecular weight excluding hydrogens is 338 g/mol. The molecule has 0 bridgehead atoms. The highest BCUT2D eigenvalue weighted by Crippen LogP contribution is 2.14. The summed E-state index contributed by atoms with van der Waals surface area (Å²) in [6, 6.07) is 10.6. The van der Waals surface area contributed by atoms with Gasteiger partial charge in [-0.3, -0.25) is 15.1 Å². The van der Waals surface area contributed by atoms with Crippen LogP contribution in [0.1, 0.15) is 4.88 Å². The lowest BCUT2D eigenvalue weighted by atomic mass is 10.3. The number of anilines is 1. The number of nitro groups is 1. The Kier molecular flexibility index (Phi) is 7.21. The summed E-state index contributed by atoms with van der Waals surface area (Å²) >= 11 is 1.77. The van der Waals surface area contributed by atoms with E-state index in [0.717, 1.165) is 24.6 Å². The first-order valence-corrected chi connectivity index (χ1v) is 8.90. The zero-order valence-corrected chi connectivity index (χ0v) is 15.3. The van der Waals surface area contributed by atoms with Crippen molar-refractivity contribution in [1.29, 1.82) is 0 Å². The van der Waals surface area contributed by atoms with Crippen LogP contribution in [0.2, 0.25) is 0 Å². The van der Waals surface area contributed by atoms with E-state index in [1.807, 2.05) is 7.05 Å². The molecule has 0 radical (unpaired) electrons. The van der Waals surface area contributed by atoms with Gasteiger partial charge in [0.1, 0.15) is 0 Å². The van der Waals surface area contributed by atoms with E-state index in [1.54, 1.807) is 30.5 Å². The Morgan fingerprint density at radius 1 is 1.28 bits per heavy atom. The topological polar surface area (TPSA) is 82.8 Å². The predicted molar refractivity (Wildman–Crippen MR) is 104 cm³/mol. The molecule has 0 aliphatic heterocycles. The molecule has 1 aromatic carbocycles. The Morgan fingerprint density at radius 3 is 2.64 bits per heavy atom. The Balaban J connectivity index is 1.70. The Bertz CT molecular complexity index is 686. The summed E-state index contributed by atoms with van der Waals surface area (Å²) in [5.74, 6) is 0.849. The predicted octanol–water partition coefficient (Wildman–Crippen LogP) is 2.82. The molecule has 0 spiro atoms. The molecular formula is C17H23N5O2S. The van der Waals surface area contributed by atoms with Crippen molar-refractivity contribution in [1.82, 2.24) is 10.2 Å². The third-order valence-corrected chi connectivity index (χ3v) is 4.60. The van der Waals surface area contributed by atoms with Crippen molar-refractivity contribution in [2.45, 2.75) is 6.42 Å². The van der Waals surface area contributed by atoms with E-state index in [2.05, 4.69) is 38.0 Å². The monoisotopic (exact) mass is 361 g/mol. The number of non-ortho nitro benzene ring substituents is 1. The summed E-state index contributed by atoms with van der Waals surface area (Å²) in [6.07, 6.45) is 0.996. The molecule has 7 nitrogen and oxygen atoms in total. The molecule has 0 aliphatic carbocycles. The second-order valence-corrected chi connectivity index (χ2v) is 6.49. The van der Waals surface area contributed by atoms with Crippen LogP contribution < -0.4 is 10.6 Å². The standard InChI is InChI=1S/C17H23N5O2S/c1-18-17(21(2)12-9-16-4-3-13-25-16)20-11-10-19-14-5-7-15(8-6-14)22(23)24/h3-8,13,19H,9-12H2,1-2H3,(H,18,20). The maximum absolute atomic E-state index is 10.6. The van der Waals surface area contributed by atoms with Crippen molar-refractivity contribution in [3.05, 3.63) is 56.8 Å². The van der Waals surface area contributed by atoms with E-state index in [0.29, 0.717) is 13.1 Å². The summed E-state index contributed by atoms with van der Waals surface area (Å²) in [5.41, 5.74) is 0.949. The lowest BCUT2D eigenvalue weighted by Gasteiger charge is -2.22. The van der Waals surface area contributed by atoms with Crippen molar-refractivity contribution >= 4 is 28.7 Å². The average molecular weight is 361 g/mol. The van der Waals surface area contributed by atoms with Gasteiger partial charge in [-0.2, -0.15) is 0 Å². The summed E-state index contributed by atoms with van der Waals surface area (Å²) in [7, 11) is 3.79. The van der Waals surface area contributed by atoms with Gasteiger partial charge in [0.25, 0.3) is 5.69 Å². The number of thiophene rings is 1. The summed E-state index contributed by atoms with van der Waals surface area (Å²) in [6.45, 7) is 2.29. The third kappa shape index (κ3) is 6.07. The fourth-order valence-electron chi connectivity index (χ4n) is 2.31. The fraction of sp³-hybridized carbons (Fsp3) is 0.353. The number of hydrogen-bond donors (Lipinski definition) is 2. The van der Waals surface area contributed by atoms with E-state index in [-0.39, 0.29) is 5.69 Å². The third-order valence-electron chi connectivity index (χ3n) is 3.66. The van der Waals surface area contributed by atoms with Crippen LogP contribution in [0.4, 0.5) is 11.4 Å². The average Bonchev–Trinajstić information content (AvgIpc) is 3.13. The molecule has 0 amide bonds. The minimum absolute atomic E-state index is 0.0939. The zero-order chi connectivity index (χ0) is 18.1. The first kappa shape index (κ1) is 18.7. The van der Waals surface area contributed by atoms with Crippen LogP contribution in [0.3, 0.4) is 0 Å². The molecule has 8 heteroatoms. The van der Waals surface area contributed by atoms with E-state index in [1.165, 1.54) is 17.0 Å². The van der Waals surface area contributed by atoms with Crippen molar-refractivity contribution in [2.24, 2.45) is 4.99 Å². The maximum Gasteiger partial charge on any atom is 0.269 e. The van der Waals surface area contributed by atoms with Gasteiger partial charge in [0.2, 0.25) is 0 Å². The van der Waals surface area contributed by atoms with E-state index in [4.69, 9.17) is 0 Å². The van der Waals surface area contributed by atoms with E-state index in [9.17, 15) is 10.1 Å². The number of nitrogens with zero attached hydrogens (tertiary/aromatic N) is 3. The van der Waals surface area contributed by atoms with Crippen molar-refractivity contribution in [2.75, 3.05) is 39.0 Å². The molecule has 25 heavy (non-hydrogen) atoms. The number of nitro benzene ring substituents is 1. The van der Waals surface area contributed by atoms with Crippen LogP contribution >= 0.6 is 11.3 Å². The number of benzene rings is 1. The number of guanidine groups is 1. The Hall–Kier alpha value is -2.61. The van der Waals surface area contributed by atoms with Gasteiger partial charge in [0.15, 0.2) is 5.96 Å². The van der Waals surface area contributed by atoms with Gasteiger partial charge in [0.05, 0.1) is 4.92 Å². The minimum atomic E-state index is -0.401. The molecule has 2 aromatic rings. The fourth-order valence-corrected chi connectivity index (χ4v) is 3.00. The molecule has 2 N–H and O–H groups in total. The zero-order valence-electron chi connectivity index (χ0n) is 14.4. The molecule has 0 aliphatic rings. The highest BCUT2D eigenvalue weighted by Gasteiger charge is 2.06. The number of hydrogen-bond acceptors (Lipinski definition) is 5. The van der Waals surface area contributed by atoms with Crippen LogP contribution in [0.15, 0.2) is 46.8 Å². The SMILES string of the molecule is CN=C(NCCNc1ccc([N+](=O)[O-])cc1)N(C)CCc1cccs1. The summed E-state index contributed by atoms with van der Waals surface area (Å²) < 4.78 is 0. The van der Waals surface area contributed by atoms with Gasteiger partial charge >= 0.3 is 0 Å². The number of aliphatic imine (C=N–C) groups is 1. The largest absolute Gasteiger partial charge is 0.383 e. The molecule has 0 atom stereocenters. The van der Waals surface area contributed by atoms with Gasteiger partial charge < -0.3 is 15.5 Å². The highest BCUT2D eigenvalue weighted by molar-refractivity contribution is 7.09. The molecule has 134 valence electrons. The normalized spacial score (nSPS) is 11.2. The van der Waals surface area contributed by atoms with Gasteiger partial charge in [-0.15, -0.1) is 11.3 Å². The Morgan fingerprint density at radius 2 is 2.04 bits per heavy atom.